The van der Waals surface area contributed by atoms with Crippen LogP contribution >= 0.6 is 23.2 Å². The minimum Gasteiger partial charge on any atom is -0.444 e. The van der Waals surface area contributed by atoms with Gasteiger partial charge in [-0.25, -0.2) is 4.79 Å². The Kier molecular flexibility index (Phi) is 6.75. The zero-order valence-electron chi connectivity index (χ0n) is 14.3. The lowest BCUT2D eigenvalue weighted by atomic mass is 10.2. The van der Waals surface area contributed by atoms with Crippen molar-refractivity contribution in [1.82, 2.24) is 10.2 Å². The average molecular weight is 375 g/mol. The summed E-state index contributed by atoms with van der Waals surface area (Å²) in [6.45, 7) is 8.19. The normalized spacial score (nSPS) is 18.5. The van der Waals surface area contributed by atoms with Gasteiger partial charge in [0, 0.05) is 35.2 Å². The summed E-state index contributed by atoms with van der Waals surface area (Å²) in [5.74, 6) is 0. The number of carbonyl (C=O) groups excluding carboxylic acids is 1. The van der Waals surface area contributed by atoms with Crippen LogP contribution in [0.25, 0.3) is 0 Å². The average Bonchev–Trinajstić information content (AvgIpc) is 2.49. The van der Waals surface area contributed by atoms with Gasteiger partial charge in [0.25, 0.3) is 0 Å². The number of hydrogen-bond acceptors (Lipinski definition) is 4. The first-order chi connectivity index (χ1) is 11.3. The summed E-state index contributed by atoms with van der Waals surface area (Å²) >= 11 is 12.3. The van der Waals surface area contributed by atoms with Crippen LogP contribution < -0.4 is 5.32 Å². The molecule has 0 radical (unpaired) electrons. The fourth-order valence-corrected chi connectivity index (χ4v) is 2.98. The Morgan fingerprint density at radius 2 is 2.04 bits per heavy atom. The molecule has 1 heterocycles. The van der Waals surface area contributed by atoms with Crippen LogP contribution in [0.4, 0.5) is 4.79 Å². The maximum absolute atomic E-state index is 12.3. The lowest BCUT2D eigenvalue weighted by molar-refractivity contribution is -0.0317. The summed E-state index contributed by atoms with van der Waals surface area (Å²) in [4.78, 5) is 14.1. The highest BCUT2D eigenvalue weighted by Crippen LogP contribution is 2.24. The van der Waals surface area contributed by atoms with E-state index in [4.69, 9.17) is 32.7 Å². The Hall–Kier alpha value is -1.01. The van der Waals surface area contributed by atoms with Crippen molar-refractivity contribution in [3.05, 3.63) is 33.8 Å². The van der Waals surface area contributed by atoms with Crippen molar-refractivity contribution in [3.63, 3.8) is 0 Å². The first-order valence-corrected chi connectivity index (χ1v) is 8.74. The Labute approximate surface area is 153 Å². The Balaban J connectivity index is 1.93. The van der Waals surface area contributed by atoms with Crippen LogP contribution in [-0.4, -0.2) is 48.9 Å². The smallest absolute Gasteiger partial charge is 0.410 e. The number of nitrogens with one attached hydrogen (secondary N) is 1. The number of ether oxygens (including phenoxy) is 2. The molecular formula is C17H24Cl2N2O3. The lowest BCUT2D eigenvalue weighted by Crippen LogP contribution is -2.54. The molecule has 134 valence electrons. The fourth-order valence-electron chi connectivity index (χ4n) is 2.45. The van der Waals surface area contributed by atoms with E-state index in [-0.39, 0.29) is 12.1 Å². The lowest BCUT2D eigenvalue weighted by Gasteiger charge is -2.36. The van der Waals surface area contributed by atoms with Crippen molar-refractivity contribution < 1.29 is 14.3 Å². The number of benzene rings is 1. The van der Waals surface area contributed by atoms with Gasteiger partial charge in [-0.05, 0) is 32.9 Å². The molecule has 0 saturated carbocycles. The standard InChI is InChI=1S/C17H24Cl2N2O3/c1-17(2,3)24-16(22)21-7-8-23-11-12(21)9-20-10-13-14(18)5-4-6-15(13)19/h4-6,12,20H,7-11H2,1-3H3. The first kappa shape index (κ1) is 19.3. The minimum atomic E-state index is -0.515. The molecule has 1 fully saturated rings. The van der Waals surface area contributed by atoms with E-state index >= 15 is 0 Å². The molecule has 2 rings (SSSR count). The van der Waals surface area contributed by atoms with E-state index in [2.05, 4.69) is 5.32 Å². The summed E-state index contributed by atoms with van der Waals surface area (Å²) in [6, 6.07) is 5.34. The van der Waals surface area contributed by atoms with E-state index in [1.807, 2.05) is 26.8 Å². The number of nitrogens with zero attached hydrogens (tertiary/aromatic N) is 1. The SMILES string of the molecule is CC(C)(C)OC(=O)N1CCOCC1CNCc1c(Cl)cccc1Cl. The Bertz CT molecular complexity index is 555. The predicted octanol–water partition coefficient (Wildman–Crippen LogP) is 3.72. The molecule has 1 aliphatic rings. The van der Waals surface area contributed by atoms with Gasteiger partial charge in [-0.2, -0.15) is 0 Å². The molecule has 1 aliphatic heterocycles. The van der Waals surface area contributed by atoms with Crippen LogP contribution in [0.5, 0.6) is 0 Å². The number of morpholine rings is 1. The summed E-state index contributed by atoms with van der Waals surface area (Å²) in [6.07, 6.45) is -0.312. The van der Waals surface area contributed by atoms with Crippen LogP contribution in [0.15, 0.2) is 18.2 Å². The fraction of sp³-hybridized carbons (Fsp3) is 0.588. The number of hydrogen-bond donors (Lipinski definition) is 1. The van der Waals surface area contributed by atoms with Gasteiger partial charge in [0.1, 0.15) is 5.60 Å². The minimum absolute atomic E-state index is 0.0881. The Morgan fingerprint density at radius 3 is 2.67 bits per heavy atom. The second-order valence-corrected chi connectivity index (χ2v) is 7.55. The van der Waals surface area contributed by atoms with Gasteiger partial charge in [-0.1, -0.05) is 29.3 Å². The topological polar surface area (TPSA) is 50.8 Å². The molecule has 7 heteroatoms. The molecule has 1 unspecified atom stereocenters. The van der Waals surface area contributed by atoms with E-state index < -0.39 is 5.60 Å². The predicted molar refractivity (Wildman–Crippen MR) is 95.7 cm³/mol. The number of halogens is 2. The van der Waals surface area contributed by atoms with Crippen molar-refractivity contribution in [2.75, 3.05) is 26.3 Å². The van der Waals surface area contributed by atoms with Crippen LogP contribution in [0.3, 0.4) is 0 Å². The third-order valence-electron chi connectivity index (χ3n) is 3.60. The van der Waals surface area contributed by atoms with Crippen LogP contribution in [0.2, 0.25) is 10.0 Å². The summed E-state index contributed by atoms with van der Waals surface area (Å²) in [5, 5.41) is 4.55. The molecule has 1 saturated heterocycles. The molecule has 0 bridgehead atoms. The van der Waals surface area contributed by atoms with Gasteiger partial charge < -0.3 is 14.8 Å². The highest BCUT2D eigenvalue weighted by atomic mass is 35.5. The highest BCUT2D eigenvalue weighted by Gasteiger charge is 2.30. The summed E-state index contributed by atoms with van der Waals surface area (Å²) < 4.78 is 11.0. The monoisotopic (exact) mass is 374 g/mol. The van der Waals surface area contributed by atoms with E-state index in [1.165, 1.54) is 0 Å². The van der Waals surface area contributed by atoms with Crippen molar-refractivity contribution in [2.24, 2.45) is 0 Å². The van der Waals surface area contributed by atoms with Gasteiger partial charge in [0.2, 0.25) is 0 Å². The zero-order valence-corrected chi connectivity index (χ0v) is 15.8. The van der Waals surface area contributed by atoms with E-state index in [1.54, 1.807) is 17.0 Å². The molecule has 5 nitrogen and oxygen atoms in total. The third-order valence-corrected chi connectivity index (χ3v) is 4.31. The molecule has 24 heavy (non-hydrogen) atoms. The van der Waals surface area contributed by atoms with E-state index in [0.29, 0.717) is 42.9 Å². The van der Waals surface area contributed by atoms with Gasteiger partial charge in [0.05, 0.1) is 19.3 Å². The molecule has 0 aromatic heterocycles. The maximum atomic E-state index is 12.3. The quantitative estimate of drug-likeness (QED) is 0.872. The molecule has 1 aromatic carbocycles. The maximum Gasteiger partial charge on any atom is 0.410 e. The molecule has 0 aliphatic carbocycles. The second-order valence-electron chi connectivity index (χ2n) is 6.73. The Morgan fingerprint density at radius 1 is 1.38 bits per heavy atom. The number of amides is 1. The van der Waals surface area contributed by atoms with E-state index in [9.17, 15) is 4.79 Å². The van der Waals surface area contributed by atoms with Crippen molar-refractivity contribution in [3.8, 4) is 0 Å². The highest BCUT2D eigenvalue weighted by molar-refractivity contribution is 6.35. The second kappa shape index (κ2) is 8.39. The van der Waals surface area contributed by atoms with Crippen molar-refractivity contribution >= 4 is 29.3 Å². The van der Waals surface area contributed by atoms with Crippen LogP contribution in [0, 0.1) is 0 Å². The first-order valence-electron chi connectivity index (χ1n) is 7.99. The molecule has 1 amide bonds. The molecule has 0 spiro atoms. The van der Waals surface area contributed by atoms with E-state index in [0.717, 1.165) is 5.56 Å². The third kappa shape index (κ3) is 5.52. The van der Waals surface area contributed by atoms with Gasteiger partial charge in [-0.15, -0.1) is 0 Å². The molecular weight excluding hydrogens is 351 g/mol. The van der Waals surface area contributed by atoms with Gasteiger partial charge >= 0.3 is 6.09 Å². The summed E-state index contributed by atoms with van der Waals surface area (Å²) in [7, 11) is 0. The van der Waals surface area contributed by atoms with Gasteiger partial charge in [-0.3, -0.25) is 4.90 Å². The molecule has 1 N–H and O–H groups in total. The van der Waals surface area contributed by atoms with Crippen molar-refractivity contribution in [1.29, 1.82) is 0 Å². The summed E-state index contributed by atoms with van der Waals surface area (Å²) in [5.41, 5.74) is 0.333. The van der Waals surface area contributed by atoms with Crippen molar-refractivity contribution in [2.45, 2.75) is 39.0 Å². The largest absolute Gasteiger partial charge is 0.444 e. The van der Waals surface area contributed by atoms with Crippen LogP contribution in [-0.2, 0) is 16.0 Å². The zero-order chi connectivity index (χ0) is 17.7. The van der Waals surface area contributed by atoms with Crippen LogP contribution in [0.1, 0.15) is 26.3 Å². The number of rotatable bonds is 4. The molecule has 1 aromatic rings. The number of carbonyl (C=O) groups is 1. The van der Waals surface area contributed by atoms with Gasteiger partial charge in [0.15, 0.2) is 0 Å². The molecule has 1 atom stereocenters.